The van der Waals surface area contributed by atoms with Crippen molar-refractivity contribution < 1.29 is 0 Å². The molecule has 4 aromatic rings. The van der Waals surface area contributed by atoms with E-state index in [0.717, 1.165) is 53.5 Å². The molecule has 166 valence electrons. The molecule has 0 amide bonds. The van der Waals surface area contributed by atoms with E-state index in [-0.39, 0.29) is 7.43 Å². The molecule has 5 heterocycles. The first kappa shape index (κ1) is 20.8. The first-order chi connectivity index (χ1) is 15.3. The average molecular weight is 430 g/mol. The van der Waals surface area contributed by atoms with Gasteiger partial charge in [0.25, 0.3) is 0 Å². The molecule has 32 heavy (non-hydrogen) atoms. The fourth-order valence-electron chi connectivity index (χ4n) is 5.12. The molecule has 0 atom stereocenters. The molecule has 0 bridgehead atoms. The summed E-state index contributed by atoms with van der Waals surface area (Å²) in [6.07, 6.45) is 11.6. The first-order valence-corrected chi connectivity index (χ1v) is 11.3. The third-order valence-electron chi connectivity index (χ3n) is 6.86. The fourth-order valence-corrected chi connectivity index (χ4v) is 5.12. The van der Waals surface area contributed by atoms with E-state index in [4.69, 9.17) is 9.97 Å². The van der Waals surface area contributed by atoms with Gasteiger partial charge in [0, 0.05) is 54.4 Å². The molecule has 2 N–H and O–H groups in total. The number of anilines is 2. The number of fused-ring (bicyclic) bond motifs is 4. The third-order valence-corrected chi connectivity index (χ3v) is 6.86. The number of aromatic nitrogens is 5. The molecule has 0 radical (unpaired) electrons. The van der Waals surface area contributed by atoms with Crippen molar-refractivity contribution in [3.8, 4) is 0 Å². The van der Waals surface area contributed by atoms with Gasteiger partial charge in [-0.2, -0.15) is 4.98 Å². The van der Waals surface area contributed by atoms with E-state index < -0.39 is 0 Å². The fraction of sp³-hybridized carbons (Fsp3) is 0.440. The largest absolute Gasteiger partial charge is 0.321 e. The predicted molar refractivity (Wildman–Crippen MR) is 129 cm³/mol. The minimum absolute atomic E-state index is 0. The Bertz CT molecular complexity index is 1250. The Morgan fingerprint density at radius 1 is 1.03 bits per heavy atom. The van der Waals surface area contributed by atoms with Gasteiger partial charge in [0.05, 0.1) is 11.7 Å². The van der Waals surface area contributed by atoms with E-state index in [0.29, 0.717) is 12.0 Å². The lowest BCUT2D eigenvalue weighted by Gasteiger charge is -2.28. The van der Waals surface area contributed by atoms with Crippen LogP contribution in [0.3, 0.4) is 0 Å². The smallest absolute Gasteiger partial charge is 0.230 e. The summed E-state index contributed by atoms with van der Waals surface area (Å²) in [6, 6.07) is 6.69. The molecule has 1 aliphatic heterocycles. The van der Waals surface area contributed by atoms with Gasteiger partial charge in [0.15, 0.2) is 0 Å². The summed E-state index contributed by atoms with van der Waals surface area (Å²) >= 11 is 0. The molecule has 0 aromatic carbocycles. The van der Waals surface area contributed by atoms with Gasteiger partial charge in [-0.05, 0) is 49.3 Å². The zero-order valence-corrected chi connectivity index (χ0v) is 17.8. The zero-order valence-electron chi connectivity index (χ0n) is 17.8. The van der Waals surface area contributed by atoms with Crippen molar-refractivity contribution >= 4 is 33.7 Å². The standard InChI is InChI=1S/C24H27N7.CH4/c1-15-2-5-17(6-3-15)31-21-14-26-10-8-18(21)19-13-27-24(30-23(19)31)29-22-7-4-16-12-25-11-9-20(16)28-22;/h4,7-8,10,13-15,17,25H,2-3,5-6,9,11-12H2,1H3,(H,27,28,29,30);1H4. The topological polar surface area (TPSA) is 80.5 Å². The SMILES string of the molecule is C.CC1CCC(n2c3cnccc3c3cnc(Nc4ccc5c(n4)CCNC5)nc32)CC1. The van der Waals surface area contributed by atoms with Gasteiger partial charge >= 0.3 is 0 Å². The zero-order chi connectivity index (χ0) is 20.8. The number of rotatable bonds is 3. The minimum atomic E-state index is 0. The summed E-state index contributed by atoms with van der Waals surface area (Å²) < 4.78 is 2.41. The summed E-state index contributed by atoms with van der Waals surface area (Å²) in [6.45, 7) is 4.22. The number of nitrogens with zero attached hydrogens (tertiary/aromatic N) is 5. The van der Waals surface area contributed by atoms with Crippen LogP contribution in [0.25, 0.3) is 21.9 Å². The highest BCUT2D eigenvalue weighted by Gasteiger charge is 2.24. The Labute approximate surface area is 188 Å². The highest BCUT2D eigenvalue weighted by atomic mass is 15.2. The van der Waals surface area contributed by atoms with Gasteiger partial charge in [0.2, 0.25) is 5.95 Å². The van der Waals surface area contributed by atoms with Crippen molar-refractivity contribution in [1.82, 2.24) is 29.8 Å². The van der Waals surface area contributed by atoms with Crippen molar-refractivity contribution in [3.05, 3.63) is 48.0 Å². The van der Waals surface area contributed by atoms with Crippen LogP contribution in [0.2, 0.25) is 0 Å². The van der Waals surface area contributed by atoms with Crippen LogP contribution in [-0.2, 0) is 13.0 Å². The molecule has 0 spiro atoms. The van der Waals surface area contributed by atoms with Crippen LogP contribution in [0.5, 0.6) is 0 Å². The first-order valence-electron chi connectivity index (χ1n) is 11.3. The quantitative estimate of drug-likeness (QED) is 0.469. The van der Waals surface area contributed by atoms with Gasteiger partial charge in [-0.3, -0.25) is 4.98 Å². The molecule has 1 fully saturated rings. The van der Waals surface area contributed by atoms with Crippen molar-refractivity contribution in [3.63, 3.8) is 0 Å². The van der Waals surface area contributed by atoms with Gasteiger partial charge < -0.3 is 15.2 Å². The third kappa shape index (κ3) is 3.60. The summed E-state index contributed by atoms with van der Waals surface area (Å²) in [7, 11) is 0. The normalized spacial score (nSPS) is 20.7. The van der Waals surface area contributed by atoms with Crippen LogP contribution in [0.4, 0.5) is 11.8 Å². The highest BCUT2D eigenvalue weighted by molar-refractivity contribution is 6.06. The summed E-state index contributed by atoms with van der Waals surface area (Å²) in [5.41, 5.74) is 4.57. The second-order valence-corrected chi connectivity index (χ2v) is 8.96. The summed E-state index contributed by atoms with van der Waals surface area (Å²) in [4.78, 5) is 18.8. The van der Waals surface area contributed by atoms with E-state index in [2.05, 4.69) is 44.2 Å². The van der Waals surface area contributed by atoms with Crippen molar-refractivity contribution in [2.75, 3.05) is 11.9 Å². The molecule has 7 heteroatoms. The number of pyridine rings is 2. The number of hydrogen-bond acceptors (Lipinski definition) is 6. The minimum Gasteiger partial charge on any atom is -0.321 e. The van der Waals surface area contributed by atoms with Crippen molar-refractivity contribution in [2.24, 2.45) is 5.92 Å². The second kappa shape index (κ2) is 8.47. The van der Waals surface area contributed by atoms with Crippen LogP contribution in [0.1, 0.15) is 57.3 Å². The Kier molecular flexibility index (Phi) is 5.51. The predicted octanol–water partition coefficient (Wildman–Crippen LogP) is 5.15. The van der Waals surface area contributed by atoms with E-state index in [1.165, 1.54) is 36.6 Å². The molecular weight excluding hydrogens is 398 g/mol. The second-order valence-electron chi connectivity index (χ2n) is 8.96. The molecular formula is C25H31N7. The van der Waals surface area contributed by atoms with Gasteiger partial charge in [0.1, 0.15) is 11.5 Å². The maximum atomic E-state index is 4.97. The lowest BCUT2D eigenvalue weighted by molar-refractivity contribution is 0.298. The molecule has 4 aromatic heterocycles. The van der Waals surface area contributed by atoms with Crippen LogP contribution in [0, 0.1) is 5.92 Å². The maximum absolute atomic E-state index is 4.97. The van der Waals surface area contributed by atoms with Crippen molar-refractivity contribution in [1.29, 1.82) is 0 Å². The van der Waals surface area contributed by atoms with Crippen molar-refractivity contribution in [2.45, 2.75) is 59.0 Å². The molecule has 6 rings (SSSR count). The van der Waals surface area contributed by atoms with Gasteiger partial charge in [-0.1, -0.05) is 20.4 Å². The molecule has 0 unspecified atom stereocenters. The molecule has 7 nitrogen and oxygen atoms in total. The van der Waals surface area contributed by atoms with E-state index in [9.17, 15) is 0 Å². The maximum Gasteiger partial charge on any atom is 0.230 e. The van der Waals surface area contributed by atoms with Crippen LogP contribution in [-0.4, -0.2) is 31.0 Å². The Hall–Kier alpha value is -3.06. The molecule has 1 saturated carbocycles. The molecule has 2 aliphatic rings. The Balaban J connectivity index is 0.00000216. The van der Waals surface area contributed by atoms with E-state index in [1.54, 1.807) is 0 Å². The summed E-state index contributed by atoms with van der Waals surface area (Å²) in [5, 5.41) is 9.00. The van der Waals surface area contributed by atoms with E-state index >= 15 is 0 Å². The average Bonchev–Trinajstić information content (AvgIpc) is 3.13. The number of hydrogen-bond donors (Lipinski definition) is 2. The van der Waals surface area contributed by atoms with Crippen LogP contribution < -0.4 is 10.6 Å². The van der Waals surface area contributed by atoms with Crippen LogP contribution in [0.15, 0.2) is 36.8 Å². The Morgan fingerprint density at radius 2 is 1.91 bits per heavy atom. The van der Waals surface area contributed by atoms with Gasteiger partial charge in [-0.15, -0.1) is 0 Å². The Morgan fingerprint density at radius 3 is 2.78 bits per heavy atom. The van der Waals surface area contributed by atoms with Crippen LogP contribution >= 0.6 is 0 Å². The molecule has 0 saturated heterocycles. The highest BCUT2D eigenvalue weighted by Crippen LogP contribution is 2.38. The lowest BCUT2D eigenvalue weighted by Crippen LogP contribution is -2.24. The number of nitrogens with one attached hydrogen (secondary N) is 2. The lowest BCUT2D eigenvalue weighted by atomic mass is 9.87. The molecule has 1 aliphatic carbocycles. The van der Waals surface area contributed by atoms with Gasteiger partial charge in [-0.25, -0.2) is 9.97 Å². The monoisotopic (exact) mass is 429 g/mol. The summed E-state index contributed by atoms with van der Waals surface area (Å²) in [5.74, 6) is 2.20. The van der Waals surface area contributed by atoms with E-state index in [1.807, 2.05) is 24.7 Å².